The Labute approximate surface area is 315 Å². The van der Waals surface area contributed by atoms with Gasteiger partial charge in [0, 0.05) is 24.3 Å². The topological polar surface area (TPSA) is 149 Å². The molecular formula is C39H46ClN7O5S. The SMILES string of the molecule is CC1(C)C[C@H](CCCNc2ccc(OCc3ccccc3)c(S(=O)(=O)NC(=O)c3ccc(-n4ccc(OCCC5C6(CC6)C56CC6)n4)nc3Cl)n2)CN1. The zero-order chi connectivity index (χ0) is 36.8. The molecule has 4 aromatic rings. The molecule has 1 saturated heterocycles. The van der Waals surface area contributed by atoms with Gasteiger partial charge in [0.1, 0.15) is 17.6 Å². The first-order valence-electron chi connectivity index (χ1n) is 18.6. The van der Waals surface area contributed by atoms with Crippen molar-refractivity contribution in [3.05, 3.63) is 83.1 Å². The molecule has 2 spiro atoms. The number of fused-ring (bicyclic) bond motifs is 1. The number of pyridine rings is 2. The number of anilines is 1. The smallest absolute Gasteiger partial charge is 0.285 e. The van der Waals surface area contributed by atoms with Crippen LogP contribution in [-0.2, 0) is 16.6 Å². The summed E-state index contributed by atoms with van der Waals surface area (Å²) in [4.78, 5) is 22.1. The molecule has 53 heavy (non-hydrogen) atoms. The van der Waals surface area contributed by atoms with E-state index in [1.165, 1.54) is 36.4 Å². The van der Waals surface area contributed by atoms with Gasteiger partial charge in [0.15, 0.2) is 11.6 Å². The Bertz CT molecular complexity index is 2080. The minimum absolute atomic E-state index is 0.00598. The van der Waals surface area contributed by atoms with E-state index in [-0.39, 0.29) is 28.6 Å². The Morgan fingerprint density at radius 3 is 2.45 bits per heavy atom. The van der Waals surface area contributed by atoms with E-state index in [1.54, 1.807) is 30.5 Å². The van der Waals surface area contributed by atoms with Gasteiger partial charge in [0.2, 0.25) is 10.9 Å². The second-order valence-electron chi connectivity index (χ2n) is 15.7. The van der Waals surface area contributed by atoms with Crippen LogP contribution in [0.15, 0.2) is 71.9 Å². The number of aromatic nitrogens is 4. The summed E-state index contributed by atoms with van der Waals surface area (Å²) in [5, 5.41) is 10.7. The van der Waals surface area contributed by atoms with E-state index in [9.17, 15) is 13.2 Å². The Balaban J connectivity index is 0.914. The zero-order valence-electron chi connectivity index (χ0n) is 30.1. The maximum Gasteiger partial charge on any atom is 0.285 e. The van der Waals surface area contributed by atoms with Gasteiger partial charge >= 0.3 is 0 Å². The van der Waals surface area contributed by atoms with Crippen molar-refractivity contribution in [2.75, 3.05) is 25.0 Å². The third-order valence-corrected chi connectivity index (χ3v) is 13.2. The number of sulfonamides is 1. The number of rotatable bonds is 16. The van der Waals surface area contributed by atoms with Crippen molar-refractivity contribution < 1.29 is 22.7 Å². The van der Waals surface area contributed by atoms with Gasteiger partial charge in [-0.3, -0.25) is 4.79 Å². The molecule has 3 N–H and O–H groups in total. The number of halogens is 1. The van der Waals surface area contributed by atoms with Crippen molar-refractivity contribution in [1.29, 1.82) is 0 Å². The number of hydrogen-bond acceptors (Lipinski definition) is 10. The minimum Gasteiger partial charge on any atom is -0.486 e. The molecule has 1 atom stereocenters. The summed E-state index contributed by atoms with van der Waals surface area (Å²) < 4.78 is 43.1. The predicted molar refractivity (Wildman–Crippen MR) is 201 cm³/mol. The summed E-state index contributed by atoms with van der Waals surface area (Å²) >= 11 is 6.46. The normalized spacial score (nSPS) is 20.3. The number of carbonyl (C=O) groups excluding carboxylic acids is 1. The van der Waals surface area contributed by atoms with E-state index in [0.717, 1.165) is 43.7 Å². The molecule has 1 aliphatic heterocycles. The molecule has 1 aromatic carbocycles. The van der Waals surface area contributed by atoms with Gasteiger partial charge in [-0.2, -0.15) is 8.42 Å². The number of amides is 1. The third-order valence-electron chi connectivity index (χ3n) is 11.7. The number of nitrogens with zero attached hydrogens (tertiary/aromatic N) is 4. The van der Waals surface area contributed by atoms with Gasteiger partial charge in [-0.15, -0.1) is 5.10 Å². The number of ether oxygens (including phenoxy) is 2. The fourth-order valence-corrected chi connectivity index (χ4v) is 10.1. The average molecular weight is 760 g/mol. The lowest BCUT2D eigenvalue weighted by atomic mass is 9.94. The number of hydrogen-bond donors (Lipinski definition) is 3. The molecule has 280 valence electrons. The van der Waals surface area contributed by atoms with Crippen LogP contribution >= 0.6 is 11.6 Å². The van der Waals surface area contributed by atoms with Crippen LogP contribution in [0.5, 0.6) is 11.6 Å². The Kier molecular flexibility index (Phi) is 9.39. The summed E-state index contributed by atoms with van der Waals surface area (Å²) in [5.74, 6) is 1.63. The van der Waals surface area contributed by atoms with E-state index in [4.69, 9.17) is 21.1 Å². The van der Waals surface area contributed by atoms with Crippen molar-refractivity contribution >= 4 is 33.3 Å². The number of carbonyl (C=O) groups is 1. The van der Waals surface area contributed by atoms with Gasteiger partial charge in [0.05, 0.1) is 12.2 Å². The molecule has 4 aliphatic rings. The molecule has 3 aromatic heterocycles. The van der Waals surface area contributed by atoms with E-state index in [0.29, 0.717) is 47.4 Å². The molecule has 14 heteroatoms. The monoisotopic (exact) mass is 759 g/mol. The summed E-state index contributed by atoms with van der Waals surface area (Å²) in [6.07, 6.45) is 11.3. The van der Waals surface area contributed by atoms with Crippen molar-refractivity contribution in [3.63, 3.8) is 0 Å². The van der Waals surface area contributed by atoms with E-state index < -0.39 is 21.0 Å². The summed E-state index contributed by atoms with van der Waals surface area (Å²) in [6, 6.07) is 17.3. The van der Waals surface area contributed by atoms with Gasteiger partial charge in [-0.25, -0.2) is 19.4 Å². The Morgan fingerprint density at radius 2 is 1.75 bits per heavy atom. The van der Waals surface area contributed by atoms with E-state index >= 15 is 0 Å². The zero-order valence-corrected chi connectivity index (χ0v) is 31.7. The fraction of sp³-hybridized carbons (Fsp3) is 0.487. The molecule has 0 bridgehead atoms. The van der Waals surface area contributed by atoms with Crippen LogP contribution in [0, 0.1) is 22.7 Å². The van der Waals surface area contributed by atoms with Crippen LogP contribution in [-0.4, -0.2) is 59.3 Å². The third kappa shape index (κ3) is 7.48. The highest BCUT2D eigenvalue weighted by atomic mass is 35.5. The Hall–Kier alpha value is -4.20. The molecule has 12 nitrogen and oxygen atoms in total. The second-order valence-corrected chi connectivity index (χ2v) is 17.7. The molecule has 0 unspecified atom stereocenters. The van der Waals surface area contributed by atoms with Crippen molar-refractivity contribution in [3.8, 4) is 17.4 Å². The molecule has 4 heterocycles. The lowest BCUT2D eigenvalue weighted by Crippen LogP contribution is -2.32. The van der Waals surface area contributed by atoms with Crippen molar-refractivity contribution in [2.45, 2.75) is 82.4 Å². The lowest BCUT2D eigenvalue weighted by molar-refractivity contribution is 0.0981. The van der Waals surface area contributed by atoms with Crippen LogP contribution < -0.4 is 24.8 Å². The molecule has 0 radical (unpaired) electrons. The summed E-state index contributed by atoms with van der Waals surface area (Å²) in [6.45, 7) is 6.75. The number of nitrogens with one attached hydrogen (secondary N) is 3. The van der Waals surface area contributed by atoms with E-state index in [2.05, 4.69) is 44.3 Å². The van der Waals surface area contributed by atoms with Gasteiger partial charge < -0.3 is 20.1 Å². The first-order chi connectivity index (χ1) is 25.5. The van der Waals surface area contributed by atoms with Crippen LogP contribution in [0.2, 0.25) is 5.15 Å². The minimum atomic E-state index is -4.52. The standard InChI is InChI=1S/C39H46ClN7O5S/c1-37(2)23-27(24-42-37)9-6-20-41-31-12-11-29(52-25-26-7-4-3-5-8-26)36(43-31)53(49,50)46-35(48)28-10-13-32(44-34(28)40)47-21-14-33(45-47)51-22-15-30-38(16-17-38)39(30)18-19-39/h3-5,7-8,10-14,21,27,30,42H,6,9,15-20,22-25H2,1-2H3,(H,41,43)(H,46,48)/t27-/m0/s1. The first-order valence-corrected chi connectivity index (χ1v) is 20.4. The van der Waals surface area contributed by atoms with Gasteiger partial charge in [0.25, 0.3) is 15.9 Å². The highest BCUT2D eigenvalue weighted by molar-refractivity contribution is 7.90. The van der Waals surface area contributed by atoms with E-state index in [1.807, 2.05) is 30.3 Å². The van der Waals surface area contributed by atoms with Crippen LogP contribution in [0.3, 0.4) is 0 Å². The van der Waals surface area contributed by atoms with Crippen LogP contribution in [0.4, 0.5) is 5.82 Å². The highest BCUT2D eigenvalue weighted by Crippen LogP contribution is 2.93. The van der Waals surface area contributed by atoms with Gasteiger partial charge in [-0.05, 0) is 124 Å². The first kappa shape index (κ1) is 35.8. The van der Waals surface area contributed by atoms with Crippen LogP contribution in [0.25, 0.3) is 5.82 Å². The molecule has 8 rings (SSSR count). The Morgan fingerprint density at radius 1 is 0.981 bits per heavy atom. The average Bonchev–Trinajstić information content (AvgIpc) is 4.09. The quantitative estimate of drug-likeness (QED) is 0.0848. The molecule has 3 saturated carbocycles. The predicted octanol–water partition coefficient (Wildman–Crippen LogP) is 6.55. The van der Waals surface area contributed by atoms with Crippen LogP contribution in [0.1, 0.15) is 81.1 Å². The molecule has 3 aliphatic carbocycles. The lowest BCUT2D eigenvalue weighted by Gasteiger charge is -2.17. The fourth-order valence-electron chi connectivity index (χ4n) is 8.76. The summed E-state index contributed by atoms with van der Waals surface area (Å²) in [7, 11) is -4.52. The maximum absolute atomic E-state index is 13.8. The van der Waals surface area contributed by atoms with Crippen molar-refractivity contribution in [1.82, 2.24) is 29.8 Å². The number of benzene rings is 1. The molecule has 1 amide bonds. The molecular weight excluding hydrogens is 714 g/mol. The highest BCUT2D eigenvalue weighted by Gasteiger charge is 2.85. The maximum atomic E-state index is 13.8. The van der Waals surface area contributed by atoms with Gasteiger partial charge in [-0.1, -0.05) is 41.9 Å². The second kappa shape index (κ2) is 13.9. The molecule has 4 fully saturated rings. The largest absolute Gasteiger partial charge is 0.486 e. The summed E-state index contributed by atoms with van der Waals surface area (Å²) in [5.41, 5.74) is 2.16. The van der Waals surface area contributed by atoms with Crippen molar-refractivity contribution in [2.24, 2.45) is 22.7 Å².